The number of hydrogen-bond donors (Lipinski definition) is 1. The van der Waals surface area contributed by atoms with Crippen molar-refractivity contribution >= 4 is 23.8 Å². The van der Waals surface area contributed by atoms with Gasteiger partial charge in [-0.05, 0) is 6.92 Å². The van der Waals surface area contributed by atoms with Crippen molar-refractivity contribution in [3.8, 4) is 0 Å². The molecule has 0 spiro atoms. The number of hydrogen-bond acceptors (Lipinski definition) is 5. The molecule has 2 heterocycles. The third-order valence-electron chi connectivity index (χ3n) is 3.56. The quantitative estimate of drug-likeness (QED) is 0.399. The first-order valence-electron chi connectivity index (χ1n) is 6.75. The SMILES string of the molecule is C=CCN1C(=O)C(=O)N(CC(=O)N2CCNC[C@@H]2C)C1=O. The van der Waals surface area contributed by atoms with Crippen LogP contribution in [0.15, 0.2) is 12.7 Å². The van der Waals surface area contributed by atoms with Gasteiger partial charge < -0.3 is 10.2 Å². The average Bonchev–Trinajstić information content (AvgIpc) is 2.66. The lowest BCUT2D eigenvalue weighted by atomic mass is 10.2. The summed E-state index contributed by atoms with van der Waals surface area (Å²) in [6.45, 7) is 6.71. The van der Waals surface area contributed by atoms with Gasteiger partial charge >= 0.3 is 17.8 Å². The number of urea groups is 1. The maximum Gasteiger partial charge on any atom is 0.335 e. The van der Waals surface area contributed by atoms with E-state index >= 15 is 0 Å². The Morgan fingerprint density at radius 3 is 2.62 bits per heavy atom. The highest BCUT2D eigenvalue weighted by atomic mass is 16.2. The molecule has 21 heavy (non-hydrogen) atoms. The van der Waals surface area contributed by atoms with Gasteiger partial charge in [-0.15, -0.1) is 6.58 Å². The van der Waals surface area contributed by atoms with E-state index in [1.807, 2.05) is 6.92 Å². The number of imide groups is 2. The molecule has 1 N–H and O–H groups in total. The van der Waals surface area contributed by atoms with E-state index < -0.39 is 24.4 Å². The zero-order valence-corrected chi connectivity index (χ0v) is 11.9. The number of nitrogens with one attached hydrogen (secondary N) is 1. The van der Waals surface area contributed by atoms with Crippen LogP contribution in [0.1, 0.15) is 6.92 Å². The van der Waals surface area contributed by atoms with Crippen molar-refractivity contribution in [2.24, 2.45) is 0 Å². The molecule has 2 aliphatic rings. The van der Waals surface area contributed by atoms with E-state index in [4.69, 9.17) is 0 Å². The monoisotopic (exact) mass is 294 g/mol. The zero-order valence-electron chi connectivity index (χ0n) is 11.9. The summed E-state index contributed by atoms with van der Waals surface area (Å²) in [5, 5.41) is 3.15. The standard InChI is InChI=1S/C13H18N4O4/c1-3-5-16-11(19)12(20)17(13(16)21)8-10(18)15-6-4-14-7-9(15)2/h3,9,14H,1,4-8H2,2H3/t9-/m0/s1. The van der Waals surface area contributed by atoms with Crippen molar-refractivity contribution < 1.29 is 19.2 Å². The Labute approximate surface area is 122 Å². The highest BCUT2D eigenvalue weighted by Gasteiger charge is 2.45. The van der Waals surface area contributed by atoms with E-state index in [1.165, 1.54) is 6.08 Å². The molecule has 2 fully saturated rings. The minimum atomic E-state index is -0.960. The highest BCUT2D eigenvalue weighted by molar-refractivity contribution is 6.45. The summed E-state index contributed by atoms with van der Waals surface area (Å²) in [4.78, 5) is 50.8. The summed E-state index contributed by atoms with van der Waals surface area (Å²) in [6, 6.07) is -0.778. The summed E-state index contributed by atoms with van der Waals surface area (Å²) in [5.74, 6) is -2.21. The molecular formula is C13H18N4O4. The van der Waals surface area contributed by atoms with Gasteiger partial charge in [0.1, 0.15) is 6.54 Å². The first kappa shape index (κ1) is 15.2. The maximum absolute atomic E-state index is 12.2. The lowest BCUT2D eigenvalue weighted by Gasteiger charge is -2.34. The fourth-order valence-electron chi connectivity index (χ4n) is 2.42. The zero-order chi connectivity index (χ0) is 15.6. The number of nitrogens with zero attached hydrogens (tertiary/aromatic N) is 3. The van der Waals surface area contributed by atoms with Gasteiger partial charge in [-0.25, -0.2) is 9.69 Å². The molecule has 1 atom stereocenters. The first-order valence-corrected chi connectivity index (χ1v) is 6.75. The molecule has 5 amide bonds. The van der Waals surface area contributed by atoms with Gasteiger partial charge in [-0.1, -0.05) is 6.08 Å². The molecule has 0 aromatic rings. The first-order chi connectivity index (χ1) is 9.97. The van der Waals surface area contributed by atoms with Crippen LogP contribution in [0.3, 0.4) is 0 Å². The molecule has 0 bridgehead atoms. The van der Waals surface area contributed by atoms with E-state index in [0.29, 0.717) is 24.5 Å². The molecular weight excluding hydrogens is 276 g/mol. The number of carbonyl (C=O) groups is 4. The summed E-state index contributed by atoms with van der Waals surface area (Å²) >= 11 is 0. The van der Waals surface area contributed by atoms with Crippen molar-refractivity contribution in [2.45, 2.75) is 13.0 Å². The number of carbonyl (C=O) groups excluding carboxylic acids is 4. The Hall–Kier alpha value is -2.22. The number of amides is 5. The van der Waals surface area contributed by atoms with E-state index in [1.54, 1.807) is 4.90 Å². The van der Waals surface area contributed by atoms with Gasteiger partial charge in [0.05, 0.1) is 0 Å². The molecule has 0 saturated carbocycles. The second-order valence-corrected chi connectivity index (χ2v) is 5.02. The fourth-order valence-corrected chi connectivity index (χ4v) is 2.42. The van der Waals surface area contributed by atoms with Gasteiger partial charge in [0.15, 0.2) is 0 Å². The third-order valence-corrected chi connectivity index (χ3v) is 3.56. The Balaban J connectivity index is 2.06. The van der Waals surface area contributed by atoms with Crippen LogP contribution in [-0.4, -0.2) is 77.2 Å². The van der Waals surface area contributed by atoms with Crippen LogP contribution >= 0.6 is 0 Å². The number of rotatable bonds is 4. The van der Waals surface area contributed by atoms with Gasteiger partial charge in [0.25, 0.3) is 0 Å². The molecule has 0 unspecified atom stereocenters. The second kappa shape index (κ2) is 6.04. The molecule has 0 radical (unpaired) electrons. The van der Waals surface area contributed by atoms with Crippen molar-refractivity contribution in [2.75, 3.05) is 32.7 Å². The van der Waals surface area contributed by atoms with Gasteiger partial charge in [-0.3, -0.25) is 19.3 Å². The maximum atomic E-state index is 12.2. The molecule has 0 aromatic heterocycles. The van der Waals surface area contributed by atoms with Crippen molar-refractivity contribution in [3.05, 3.63) is 12.7 Å². The van der Waals surface area contributed by atoms with Crippen molar-refractivity contribution in [1.82, 2.24) is 20.0 Å². The van der Waals surface area contributed by atoms with Crippen LogP contribution in [0.4, 0.5) is 4.79 Å². The molecule has 8 nitrogen and oxygen atoms in total. The van der Waals surface area contributed by atoms with E-state index in [2.05, 4.69) is 11.9 Å². The molecule has 114 valence electrons. The molecule has 0 aliphatic carbocycles. The lowest BCUT2D eigenvalue weighted by Crippen LogP contribution is -2.55. The molecule has 2 saturated heterocycles. The largest absolute Gasteiger partial charge is 0.336 e. The predicted octanol–water partition coefficient (Wildman–Crippen LogP) is -1.22. The summed E-state index contributed by atoms with van der Waals surface area (Å²) < 4.78 is 0. The Morgan fingerprint density at radius 1 is 1.33 bits per heavy atom. The molecule has 8 heteroatoms. The van der Waals surface area contributed by atoms with Crippen LogP contribution in [-0.2, 0) is 14.4 Å². The number of piperazine rings is 1. The second-order valence-electron chi connectivity index (χ2n) is 5.02. The van der Waals surface area contributed by atoms with E-state index in [0.717, 1.165) is 4.90 Å². The minimum absolute atomic E-state index is 0.0148. The molecule has 0 aromatic carbocycles. The predicted molar refractivity (Wildman–Crippen MR) is 73.1 cm³/mol. The molecule has 2 aliphatic heterocycles. The van der Waals surface area contributed by atoms with Gasteiger partial charge in [-0.2, -0.15) is 0 Å². The Kier molecular flexibility index (Phi) is 4.37. The summed E-state index contributed by atoms with van der Waals surface area (Å²) in [7, 11) is 0. The topological polar surface area (TPSA) is 90.0 Å². The van der Waals surface area contributed by atoms with Crippen LogP contribution < -0.4 is 5.32 Å². The average molecular weight is 294 g/mol. The van der Waals surface area contributed by atoms with Crippen LogP contribution in [0.2, 0.25) is 0 Å². The van der Waals surface area contributed by atoms with Crippen LogP contribution in [0.5, 0.6) is 0 Å². The fraction of sp³-hybridized carbons (Fsp3) is 0.538. The van der Waals surface area contributed by atoms with Crippen LogP contribution in [0.25, 0.3) is 0 Å². The Bertz CT molecular complexity index is 504. The lowest BCUT2D eigenvalue weighted by molar-refractivity contribution is -0.145. The van der Waals surface area contributed by atoms with Crippen LogP contribution in [0, 0.1) is 0 Å². The van der Waals surface area contributed by atoms with E-state index in [-0.39, 0.29) is 18.5 Å². The smallest absolute Gasteiger partial charge is 0.335 e. The van der Waals surface area contributed by atoms with Gasteiger partial charge in [0.2, 0.25) is 5.91 Å². The molecule has 2 rings (SSSR count). The third kappa shape index (κ3) is 2.80. The highest BCUT2D eigenvalue weighted by Crippen LogP contribution is 2.13. The summed E-state index contributed by atoms with van der Waals surface area (Å²) in [6.07, 6.45) is 1.35. The normalized spacial score (nSPS) is 23.0. The summed E-state index contributed by atoms with van der Waals surface area (Å²) in [5.41, 5.74) is 0. The Morgan fingerprint density at radius 2 is 2.00 bits per heavy atom. The minimum Gasteiger partial charge on any atom is -0.336 e. The van der Waals surface area contributed by atoms with E-state index in [9.17, 15) is 19.2 Å². The van der Waals surface area contributed by atoms with Crippen molar-refractivity contribution in [3.63, 3.8) is 0 Å². The van der Waals surface area contributed by atoms with Crippen molar-refractivity contribution in [1.29, 1.82) is 0 Å². The van der Waals surface area contributed by atoms with Gasteiger partial charge in [0, 0.05) is 32.2 Å².